The molecule has 0 saturated heterocycles. The number of ether oxygens (including phenoxy) is 2. The highest BCUT2D eigenvalue weighted by Crippen LogP contribution is 2.43. The van der Waals surface area contributed by atoms with Gasteiger partial charge in [-0.3, -0.25) is 18.6 Å². The Morgan fingerprint density at radius 3 is 1.84 bits per heavy atom. The van der Waals surface area contributed by atoms with Gasteiger partial charge < -0.3 is 24.0 Å². The number of quaternary nitrogens is 1. The van der Waals surface area contributed by atoms with Crippen LogP contribution in [-0.2, 0) is 32.7 Å². The van der Waals surface area contributed by atoms with Gasteiger partial charge in [-0.05, 0) is 77.0 Å². The van der Waals surface area contributed by atoms with Crippen molar-refractivity contribution in [3.63, 3.8) is 0 Å². The van der Waals surface area contributed by atoms with Crippen LogP contribution in [0.1, 0.15) is 136 Å². The molecule has 0 fully saturated rings. The molecule has 2 N–H and O–H groups in total. The number of nitrogens with zero attached hydrogens (tertiary/aromatic N) is 1. The molecule has 0 amide bonds. The zero-order valence-corrected chi connectivity index (χ0v) is 37.0. The van der Waals surface area contributed by atoms with Gasteiger partial charge in [0.15, 0.2) is 6.10 Å². The van der Waals surface area contributed by atoms with Crippen LogP contribution in [0.4, 0.5) is 0 Å². The Morgan fingerprint density at radius 2 is 1.21 bits per heavy atom. The Labute approximate surface area is 346 Å². The van der Waals surface area contributed by atoms with Gasteiger partial charge in [-0.2, -0.15) is 0 Å². The first kappa shape index (κ1) is 54.2. The maximum atomic E-state index is 12.7. The summed E-state index contributed by atoms with van der Waals surface area (Å²) in [5, 5.41) is 10.3. The molecule has 1 unspecified atom stereocenters. The van der Waals surface area contributed by atoms with Gasteiger partial charge in [0.05, 0.1) is 33.9 Å². The molecule has 0 bridgehead atoms. The average Bonchev–Trinajstić information content (AvgIpc) is 3.15. The highest BCUT2D eigenvalue weighted by Gasteiger charge is 2.27. The Bertz CT molecular complexity index is 1260. The predicted molar refractivity (Wildman–Crippen MR) is 235 cm³/mol. The van der Waals surface area contributed by atoms with Crippen molar-refractivity contribution in [2.24, 2.45) is 0 Å². The second-order valence-electron chi connectivity index (χ2n) is 15.2. The Hall–Kier alpha value is -2.85. The monoisotopic (exact) mass is 821 g/mol. The quantitative estimate of drug-likeness (QED) is 0.0157. The van der Waals surface area contributed by atoms with Gasteiger partial charge in [-0.25, -0.2) is 4.57 Å². The number of hydrogen-bond donors (Lipinski definition) is 2. The first-order valence-electron chi connectivity index (χ1n) is 21.4. The number of aliphatic hydroxyl groups is 1. The van der Waals surface area contributed by atoms with Crippen molar-refractivity contribution in [3.8, 4) is 0 Å². The van der Waals surface area contributed by atoms with E-state index in [1.54, 1.807) is 12.2 Å². The molecule has 0 aromatic rings. The van der Waals surface area contributed by atoms with Crippen molar-refractivity contribution in [3.05, 3.63) is 85.1 Å². The minimum Gasteiger partial charge on any atom is -0.462 e. The number of likely N-dealkylation sites (N-methyl/N-ethyl adjacent to an activating group) is 1. The Balaban J connectivity index is 4.62. The molecular weight excluding hydrogens is 741 g/mol. The summed E-state index contributed by atoms with van der Waals surface area (Å²) in [7, 11) is 1.35. The number of esters is 2. The normalized spacial score (nSPS) is 15.0. The molecule has 326 valence electrons. The van der Waals surface area contributed by atoms with Crippen LogP contribution in [0.15, 0.2) is 85.1 Å². The molecule has 0 aliphatic heterocycles. The Morgan fingerprint density at radius 1 is 0.649 bits per heavy atom. The number of unbranched alkanes of at least 4 members (excludes halogenated alkanes) is 8. The summed E-state index contributed by atoms with van der Waals surface area (Å²) in [6, 6.07) is 0. The van der Waals surface area contributed by atoms with Gasteiger partial charge >= 0.3 is 19.8 Å². The highest BCUT2D eigenvalue weighted by atomic mass is 31.2. The van der Waals surface area contributed by atoms with Crippen molar-refractivity contribution < 1.29 is 47.2 Å². The van der Waals surface area contributed by atoms with Crippen LogP contribution >= 0.6 is 7.82 Å². The summed E-state index contributed by atoms with van der Waals surface area (Å²) >= 11 is 0. The fourth-order valence-electron chi connectivity index (χ4n) is 5.13. The van der Waals surface area contributed by atoms with Gasteiger partial charge in [0.1, 0.15) is 19.8 Å². The van der Waals surface area contributed by atoms with Crippen LogP contribution in [0, 0.1) is 0 Å². The molecule has 0 aliphatic carbocycles. The first-order valence-corrected chi connectivity index (χ1v) is 22.9. The van der Waals surface area contributed by atoms with Crippen LogP contribution in [-0.4, -0.2) is 86.1 Å². The number of rotatable bonds is 37. The zero-order valence-electron chi connectivity index (χ0n) is 36.1. The summed E-state index contributed by atoms with van der Waals surface area (Å²) in [5.41, 5.74) is 0. The van der Waals surface area contributed by atoms with Crippen molar-refractivity contribution in [1.29, 1.82) is 0 Å². The van der Waals surface area contributed by atoms with Crippen molar-refractivity contribution in [1.82, 2.24) is 0 Å². The van der Waals surface area contributed by atoms with Crippen LogP contribution in [0.3, 0.4) is 0 Å². The number of aliphatic hydroxyl groups excluding tert-OH is 1. The molecule has 0 aliphatic rings. The van der Waals surface area contributed by atoms with Crippen LogP contribution in [0.5, 0.6) is 0 Å². The third-order valence-electron chi connectivity index (χ3n) is 8.51. The maximum absolute atomic E-state index is 12.7. The standard InChI is InChI=1S/C46H78NO9P/c1-6-8-10-12-14-16-18-20-21-23-25-27-29-31-33-37-46(50)56-44(42-55-57(51,52)54-40-39-47(3,4)5)41-53-45(49)38-34-36-43(48)35-32-30-28-26-24-22-19-17-15-13-11-9-7-2/h8,10,14-17,20-22,24,28,30,32,35,43-44,48H,6-7,9,11-13,18-19,23,25-27,29,31,33-34,36-42H2,1-5H3/p+1/b10-8-,16-14-,17-15-,21-20-,24-22-,30-28-,35-32+/t43-,44-/m1/s1. The van der Waals surface area contributed by atoms with Gasteiger partial charge in [0, 0.05) is 12.8 Å². The van der Waals surface area contributed by atoms with E-state index in [0.717, 1.165) is 70.6 Å². The molecule has 0 radical (unpaired) electrons. The number of carbonyl (C=O) groups excluding carboxylic acids is 2. The van der Waals surface area contributed by atoms with E-state index in [9.17, 15) is 24.2 Å². The molecule has 0 aromatic heterocycles. The number of hydrogen-bond acceptors (Lipinski definition) is 8. The lowest BCUT2D eigenvalue weighted by Crippen LogP contribution is -2.37. The predicted octanol–water partition coefficient (Wildman–Crippen LogP) is 11.0. The van der Waals surface area contributed by atoms with E-state index in [1.165, 1.54) is 19.3 Å². The number of phosphoric ester groups is 1. The molecular formula is C46H79NO9P+. The SMILES string of the molecule is CC/C=C\C/C=C\C/C=C\CCCCCCCC(=O)O[C@H](COC(=O)CCC[C@H](O)/C=C/C=C\C/C=C\C/C=C\CCCCC)COP(=O)(O)OCC[N+](C)(C)C. The minimum absolute atomic E-state index is 0.00637. The van der Waals surface area contributed by atoms with Crippen LogP contribution in [0.2, 0.25) is 0 Å². The van der Waals surface area contributed by atoms with E-state index < -0.39 is 38.6 Å². The largest absolute Gasteiger partial charge is 0.472 e. The molecule has 0 rings (SSSR count). The molecule has 0 saturated carbocycles. The average molecular weight is 821 g/mol. The lowest BCUT2D eigenvalue weighted by molar-refractivity contribution is -0.870. The first-order chi connectivity index (χ1) is 27.4. The van der Waals surface area contributed by atoms with E-state index in [-0.39, 0.29) is 26.1 Å². The third kappa shape index (κ3) is 41.1. The summed E-state index contributed by atoms with van der Waals surface area (Å²) in [6.45, 7) is 4.01. The summed E-state index contributed by atoms with van der Waals surface area (Å²) in [6.07, 6.45) is 43.8. The molecule has 10 nitrogen and oxygen atoms in total. The molecule has 11 heteroatoms. The van der Waals surface area contributed by atoms with E-state index in [0.29, 0.717) is 30.3 Å². The van der Waals surface area contributed by atoms with Crippen molar-refractivity contribution in [2.45, 2.75) is 148 Å². The summed E-state index contributed by atoms with van der Waals surface area (Å²) in [5.74, 6) is -1.03. The molecule has 0 heterocycles. The van der Waals surface area contributed by atoms with E-state index >= 15 is 0 Å². The van der Waals surface area contributed by atoms with Gasteiger partial charge in [-0.1, -0.05) is 131 Å². The van der Waals surface area contributed by atoms with E-state index in [2.05, 4.69) is 74.6 Å². The minimum atomic E-state index is -4.43. The lowest BCUT2D eigenvalue weighted by atomic mass is 10.1. The lowest BCUT2D eigenvalue weighted by Gasteiger charge is -2.24. The van der Waals surface area contributed by atoms with Crippen molar-refractivity contribution in [2.75, 3.05) is 47.5 Å². The topological polar surface area (TPSA) is 129 Å². The Kier molecular flexibility index (Phi) is 35.6. The third-order valence-corrected chi connectivity index (χ3v) is 9.50. The fourth-order valence-corrected chi connectivity index (χ4v) is 5.87. The number of phosphoric acid groups is 1. The van der Waals surface area contributed by atoms with Gasteiger partial charge in [0.25, 0.3) is 0 Å². The highest BCUT2D eigenvalue weighted by molar-refractivity contribution is 7.47. The van der Waals surface area contributed by atoms with Gasteiger partial charge in [0.2, 0.25) is 0 Å². The summed E-state index contributed by atoms with van der Waals surface area (Å²) in [4.78, 5) is 35.3. The molecule has 3 atom stereocenters. The number of carbonyl (C=O) groups is 2. The second kappa shape index (κ2) is 37.4. The smallest absolute Gasteiger partial charge is 0.462 e. The van der Waals surface area contributed by atoms with E-state index in [1.807, 2.05) is 33.3 Å². The molecule has 0 spiro atoms. The second-order valence-corrected chi connectivity index (χ2v) is 16.6. The fraction of sp³-hybridized carbons (Fsp3) is 0.652. The van der Waals surface area contributed by atoms with Crippen LogP contribution < -0.4 is 0 Å². The number of allylic oxidation sites excluding steroid dienone is 13. The van der Waals surface area contributed by atoms with Crippen LogP contribution in [0.25, 0.3) is 0 Å². The van der Waals surface area contributed by atoms with Crippen molar-refractivity contribution >= 4 is 19.8 Å². The van der Waals surface area contributed by atoms with Gasteiger partial charge in [-0.15, -0.1) is 0 Å². The molecule has 0 aromatic carbocycles. The summed E-state index contributed by atoms with van der Waals surface area (Å²) < 4.78 is 34.1. The molecule has 57 heavy (non-hydrogen) atoms. The zero-order chi connectivity index (χ0) is 42.3. The maximum Gasteiger partial charge on any atom is 0.472 e. The van der Waals surface area contributed by atoms with E-state index in [4.69, 9.17) is 18.5 Å².